The number of carbonyl (C=O) groups is 1. The molecular formula is C25H23N3O4S2. The predicted molar refractivity (Wildman–Crippen MR) is 135 cm³/mol. The zero-order valence-electron chi connectivity index (χ0n) is 18.7. The second-order valence-corrected chi connectivity index (χ2v) is 11.1. The Morgan fingerprint density at radius 1 is 1.12 bits per heavy atom. The minimum absolute atomic E-state index is 0.0344. The van der Waals surface area contributed by atoms with Crippen molar-refractivity contribution in [1.82, 2.24) is 4.98 Å². The summed E-state index contributed by atoms with van der Waals surface area (Å²) in [7, 11) is -2.53. The molecule has 1 amide bonds. The van der Waals surface area contributed by atoms with E-state index < -0.39 is 15.9 Å². The molecule has 0 fully saturated rings. The number of amides is 1. The largest absolute Gasteiger partial charge is 0.495 e. The first kappa shape index (κ1) is 22.4. The molecule has 0 radical (unpaired) electrons. The van der Waals surface area contributed by atoms with Crippen molar-refractivity contribution in [2.75, 3.05) is 23.3 Å². The van der Waals surface area contributed by atoms with Gasteiger partial charge in [0.25, 0.3) is 15.9 Å². The van der Waals surface area contributed by atoms with Crippen LogP contribution in [0, 0.1) is 6.92 Å². The number of fused-ring (bicyclic) bond motifs is 2. The lowest BCUT2D eigenvalue weighted by Gasteiger charge is -2.31. The third-order valence-electron chi connectivity index (χ3n) is 5.81. The highest BCUT2D eigenvalue weighted by atomic mass is 32.2. The van der Waals surface area contributed by atoms with Crippen LogP contribution in [0.1, 0.15) is 27.3 Å². The highest BCUT2D eigenvalue weighted by molar-refractivity contribution is 7.93. The van der Waals surface area contributed by atoms with E-state index in [1.807, 2.05) is 43.3 Å². The van der Waals surface area contributed by atoms with E-state index in [9.17, 15) is 13.2 Å². The molecule has 34 heavy (non-hydrogen) atoms. The van der Waals surface area contributed by atoms with E-state index in [1.54, 1.807) is 23.5 Å². The lowest BCUT2D eigenvalue weighted by atomic mass is 10.0. The van der Waals surface area contributed by atoms with Gasteiger partial charge in [-0.25, -0.2) is 13.4 Å². The number of nitrogens with one attached hydrogen (secondary N) is 1. The third-order valence-corrected chi connectivity index (χ3v) is 8.58. The summed E-state index contributed by atoms with van der Waals surface area (Å²) in [6, 6.07) is 17.5. The zero-order valence-corrected chi connectivity index (χ0v) is 20.4. The number of benzene rings is 3. The highest BCUT2D eigenvalue weighted by Gasteiger charge is 2.32. The molecule has 9 heteroatoms. The van der Waals surface area contributed by atoms with Gasteiger partial charge in [0.2, 0.25) is 0 Å². The molecule has 0 bridgehead atoms. The normalized spacial score (nSPS) is 13.5. The second kappa shape index (κ2) is 8.73. The number of para-hydroxylation sites is 1. The fraction of sp³-hybridized carbons (Fsp3) is 0.200. The molecule has 7 nitrogen and oxygen atoms in total. The summed E-state index contributed by atoms with van der Waals surface area (Å²) in [6.07, 6.45) is 1.55. The number of hydrogen-bond acceptors (Lipinski definition) is 6. The summed E-state index contributed by atoms with van der Waals surface area (Å²) in [6.45, 7) is 2.30. The minimum Gasteiger partial charge on any atom is -0.495 e. The van der Waals surface area contributed by atoms with Crippen LogP contribution in [0.25, 0.3) is 10.2 Å². The standard InChI is InChI=1S/C25H23N3O4S2/c1-16-26-20-11-10-19(15-23(20)33-16)27-25(29)18-9-12-22(32-2)24(14-18)34(30,31)28-13-5-7-17-6-3-4-8-21(17)28/h3-4,6,8-12,14-15H,5,7,13H2,1-2H3,(H,27,29). The van der Waals surface area contributed by atoms with Gasteiger partial charge in [0.05, 0.1) is 28.0 Å². The van der Waals surface area contributed by atoms with E-state index >= 15 is 0 Å². The molecule has 0 saturated heterocycles. The average molecular weight is 494 g/mol. The number of aryl methyl sites for hydroxylation is 2. The Morgan fingerprint density at radius 3 is 2.76 bits per heavy atom. The highest BCUT2D eigenvalue weighted by Crippen LogP contribution is 2.35. The van der Waals surface area contributed by atoms with Crippen molar-refractivity contribution in [2.45, 2.75) is 24.7 Å². The van der Waals surface area contributed by atoms with Crippen LogP contribution in [0.3, 0.4) is 0 Å². The van der Waals surface area contributed by atoms with Gasteiger partial charge < -0.3 is 10.1 Å². The number of carbonyl (C=O) groups excluding carboxylic acids is 1. The Labute approximate surface area is 202 Å². The van der Waals surface area contributed by atoms with E-state index in [1.165, 1.54) is 23.5 Å². The Balaban J connectivity index is 1.49. The zero-order chi connectivity index (χ0) is 23.9. The van der Waals surface area contributed by atoms with Crippen molar-refractivity contribution in [3.63, 3.8) is 0 Å². The van der Waals surface area contributed by atoms with Crippen molar-refractivity contribution >= 4 is 48.9 Å². The Morgan fingerprint density at radius 2 is 1.94 bits per heavy atom. The van der Waals surface area contributed by atoms with Gasteiger partial charge in [0.15, 0.2) is 0 Å². The molecule has 1 N–H and O–H groups in total. The number of aromatic nitrogens is 1. The molecule has 1 aliphatic heterocycles. The number of sulfonamides is 1. The van der Waals surface area contributed by atoms with Crippen LogP contribution in [0.4, 0.5) is 11.4 Å². The SMILES string of the molecule is COc1ccc(C(=O)Nc2ccc3nc(C)sc3c2)cc1S(=O)(=O)N1CCCc2ccccc21. The molecule has 5 rings (SSSR count). The van der Waals surface area contributed by atoms with Crippen LogP contribution in [-0.4, -0.2) is 33.0 Å². The first-order chi connectivity index (χ1) is 16.4. The smallest absolute Gasteiger partial charge is 0.268 e. The molecular weight excluding hydrogens is 470 g/mol. The van der Waals surface area contributed by atoms with Crippen LogP contribution < -0.4 is 14.4 Å². The lowest BCUT2D eigenvalue weighted by molar-refractivity contribution is 0.102. The maximum absolute atomic E-state index is 13.7. The maximum atomic E-state index is 13.7. The Kier molecular flexibility index (Phi) is 5.75. The number of anilines is 2. The van der Waals surface area contributed by atoms with Gasteiger partial charge in [-0.05, 0) is 67.8 Å². The van der Waals surface area contributed by atoms with Crippen LogP contribution in [-0.2, 0) is 16.4 Å². The van der Waals surface area contributed by atoms with Crippen LogP contribution in [0.5, 0.6) is 5.75 Å². The summed E-state index contributed by atoms with van der Waals surface area (Å²) >= 11 is 1.55. The minimum atomic E-state index is -3.95. The maximum Gasteiger partial charge on any atom is 0.268 e. The summed E-state index contributed by atoms with van der Waals surface area (Å²) in [4.78, 5) is 17.4. The van der Waals surface area contributed by atoms with Gasteiger partial charge in [-0.15, -0.1) is 11.3 Å². The van der Waals surface area contributed by atoms with Crippen LogP contribution in [0.2, 0.25) is 0 Å². The molecule has 1 aliphatic rings. The monoisotopic (exact) mass is 493 g/mol. The first-order valence-electron chi connectivity index (χ1n) is 10.8. The van der Waals surface area contributed by atoms with E-state index in [4.69, 9.17) is 4.74 Å². The van der Waals surface area contributed by atoms with Gasteiger partial charge in [-0.1, -0.05) is 18.2 Å². The topological polar surface area (TPSA) is 88.6 Å². The summed E-state index contributed by atoms with van der Waals surface area (Å²) in [5.41, 5.74) is 3.37. The summed E-state index contributed by atoms with van der Waals surface area (Å²) < 4.78 is 35.2. The molecule has 0 saturated carbocycles. The molecule has 4 aromatic rings. The quantitative estimate of drug-likeness (QED) is 0.422. The molecule has 1 aromatic heterocycles. The van der Waals surface area contributed by atoms with E-state index in [0.717, 1.165) is 33.6 Å². The number of thiazole rings is 1. The fourth-order valence-electron chi connectivity index (χ4n) is 4.21. The van der Waals surface area contributed by atoms with Gasteiger partial charge in [-0.2, -0.15) is 0 Å². The van der Waals surface area contributed by atoms with Gasteiger partial charge in [0.1, 0.15) is 10.6 Å². The van der Waals surface area contributed by atoms with Gasteiger partial charge in [0, 0.05) is 17.8 Å². The van der Waals surface area contributed by atoms with Crippen LogP contribution >= 0.6 is 11.3 Å². The number of nitrogens with zero attached hydrogens (tertiary/aromatic N) is 2. The lowest BCUT2D eigenvalue weighted by Crippen LogP contribution is -2.35. The van der Waals surface area contributed by atoms with Crippen molar-refractivity contribution in [1.29, 1.82) is 0 Å². The van der Waals surface area contributed by atoms with Crippen molar-refractivity contribution in [2.24, 2.45) is 0 Å². The molecule has 0 unspecified atom stereocenters. The van der Waals surface area contributed by atoms with E-state index in [0.29, 0.717) is 17.9 Å². The molecule has 2 heterocycles. The van der Waals surface area contributed by atoms with Crippen molar-refractivity contribution in [3.05, 3.63) is 76.8 Å². The number of ether oxygens (including phenoxy) is 1. The summed E-state index contributed by atoms with van der Waals surface area (Å²) in [5, 5.41) is 3.81. The molecule has 0 atom stereocenters. The third kappa shape index (κ3) is 4.01. The molecule has 0 spiro atoms. The predicted octanol–water partition coefficient (Wildman–Crippen LogP) is 5.01. The molecule has 3 aromatic carbocycles. The fourth-order valence-corrected chi connectivity index (χ4v) is 6.80. The van der Waals surface area contributed by atoms with Gasteiger partial charge >= 0.3 is 0 Å². The number of hydrogen-bond donors (Lipinski definition) is 1. The van der Waals surface area contributed by atoms with Crippen LogP contribution in [0.15, 0.2) is 65.6 Å². The van der Waals surface area contributed by atoms with Gasteiger partial charge in [-0.3, -0.25) is 9.10 Å². The van der Waals surface area contributed by atoms with E-state index in [-0.39, 0.29) is 16.2 Å². The average Bonchev–Trinajstić information content (AvgIpc) is 3.22. The number of rotatable bonds is 5. The number of methoxy groups -OCH3 is 1. The van der Waals surface area contributed by atoms with Crippen molar-refractivity contribution in [3.8, 4) is 5.75 Å². The summed E-state index contributed by atoms with van der Waals surface area (Å²) in [5.74, 6) is -0.208. The second-order valence-electron chi connectivity index (χ2n) is 8.04. The molecule has 174 valence electrons. The molecule has 0 aliphatic carbocycles. The van der Waals surface area contributed by atoms with E-state index in [2.05, 4.69) is 10.3 Å². The van der Waals surface area contributed by atoms with Crippen molar-refractivity contribution < 1.29 is 17.9 Å². The Hall–Kier alpha value is -3.43. The first-order valence-corrected chi connectivity index (χ1v) is 13.1. The Bertz CT molecular complexity index is 1510.